The fourth-order valence-corrected chi connectivity index (χ4v) is 11.2. The minimum Gasteiger partial charge on any atom is -0.495 e. The van der Waals surface area contributed by atoms with Crippen LogP contribution in [-0.2, 0) is 110 Å². The predicted molar refractivity (Wildman–Crippen MR) is 377 cm³/mol. The van der Waals surface area contributed by atoms with Crippen molar-refractivity contribution in [2.45, 2.75) is 162 Å². The SMILES string of the molecule is COCCOCCOCCOCCC(=O)N(CCC(=O)N[C@H](C(=O)N[C@@H](C)C(=O)Nc1ccc(COC(=O)NCc2ccc([C@H]3O[C@@H]3[C@@H](C)[C@@H]3C/C=C/C(=O)N[C@H](Cc4ccc(OC)c(Cl)c4)C(=O)NCC(C)(C)C(=O)N[C@@H](CC(C)C)C(=O)O3)cc2)cc1)C(C)C)CCC(=O)ON1C(=O)CCC1=O. The van der Waals surface area contributed by atoms with E-state index in [1.165, 1.54) is 25.0 Å². The van der Waals surface area contributed by atoms with Crippen molar-refractivity contribution >= 4 is 88.5 Å². The maximum Gasteiger partial charge on any atom is 0.407 e. The number of hydrogen-bond donors (Lipinski definition) is 7. The highest BCUT2D eigenvalue weighted by atomic mass is 35.5. The summed E-state index contributed by atoms with van der Waals surface area (Å²) in [7, 11) is 3.05. The monoisotopic (exact) mass is 1470 g/mol. The standard InChI is InChI=1S/C73H100ClN9O21/c1-44(2)38-55-70(93)102-56(12-11-13-58(84)79-54(40-50-18-23-57(97-10)53(74)39-50)68(91)76-43-73(7,8)71(94)80-55)46(5)65-66(103-65)51-19-14-48(15-20-51)41-75-72(95)101-42-49-16-21-52(22-17-49)78-67(90)47(6)77-69(92)64(45(3)4)81-59(85)26-29-82(30-27-63(89)104-83-61(87)24-25-62(83)88)60(86)28-31-98-34-35-100-37-36-99-33-32-96-9/h11,13-23,39,44-47,54-56,64-66H,12,24-38,40-43H2,1-10H3,(H,75,95)(H,76,91)(H,77,92)(H,78,90)(H,79,84)(H,80,94)(H,81,85)/b13-11+/t46-,47-,54+,55-,56-,64-,65+,66+/m0/s1. The number of epoxide rings is 1. The molecular formula is C73H100ClN9O21. The van der Waals surface area contributed by atoms with Gasteiger partial charge in [-0.1, -0.05) is 94.8 Å². The number of anilines is 1. The molecule has 0 bridgehead atoms. The highest BCUT2D eigenvalue weighted by Gasteiger charge is 2.48. The number of halogens is 1. The van der Waals surface area contributed by atoms with Gasteiger partial charge in [0.25, 0.3) is 11.8 Å². The lowest BCUT2D eigenvalue weighted by atomic mass is 9.90. The van der Waals surface area contributed by atoms with E-state index in [9.17, 15) is 57.5 Å². The Labute approximate surface area is 610 Å². The second-order valence-electron chi connectivity index (χ2n) is 26.9. The maximum atomic E-state index is 14.1. The van der Waals surface area contributed by atoms with Crippen LogP contribution in [0, 0.1) is 23.2 Å². The zero-order valence-corrected chi connectivity index (χ0v) is 61.5. The van der Waals surface area contributed by atoms with Gasteiger partial charge in [-0.15, -0.1) is 5.06 Å². The molecule has 2 saturated heterocycles. The van der Waals surface area contributed by atoms with Crippen molar-refractivity contribution in [1.29, 1.82) is 0 Å². The van der Waals surface area contributed by atoms with Crippen molar-refractivity contribution < 1.29 is 100 Å². The smallest absolute Gasteiger partial charge is 0.407 e. The van der Waals surface area contributed by atoms with E-state index >= 15 is 0 Å². The van der Waals surface area contributed by atoms with Gasteiger partial charge in [0.15, 0.2) is 0 Å². The summed E-state index contributed by atoms with van der Waals surface area (Å²) in [4.78, 5) is 165. The van der Waals surface area contributed by atoms with Gasteiger partial charge in [0, 0.05) is 77.0 Å². The number of rotatable bonds is 37. The molecular weight excluding hydrogens is 1370 g/mol. The number of carbonyl (C=O) groups is 12. The fraction of sp³-hybridized carbons (Fsp3) is 0.562. The molecule has 8 atom stereocenters. The number of methoxy groups -OCH3 is 2. The van der Waals surface area contributed by atoms with Crippen molar-refractivity contribution in [2.75, 3.05) is 85.4 Å². The summed E-state index contributed by atoms with van der Waals surface area (Å²) < 4.78 is 44.4. The zero-order valence-electron chi connectivity index (χ0n) is 60.8. The third-order valence-corrected chi connectivity index (χ3v) is 17.5. The van der Waals surface area contributed by atoms with Crippen LogP contribution in [-0.4, -0.2) is 198 Å². The second kappa shape index (κ2) is 42.0. The van der Waals surface area contributed by atoms with Gasteiger partial charge in [0.05, 0.1) is 82.7 Å². The molecule has 570 valence electrons. The molecule has 0 spiro atoms. The Morgan fingerprint density at radius 3 is 2.00 bits per heavy atom. The van der Waals surface area contributed by atoms with Gasteiger partial charge in [-0.3, -0.25) is 43.2 Å². The number of esters is 1. The lowest BCUT2D eigenvalue weighted by Gasteiger charge is -2.30. The summed E-state index contributed by atoms with van der Waals surface area (Å²) in [5.74, 6) is -7.23. The molecule has 3 aliphatic heterocycles. The van der Waals surface area contributed by atoms with Gasteiger partial charge in [0.2, 0.25) is 41.4 Å². The van der Waals surface area contributed by atoms with Crippen LogP contribution in [0.1, 0.15) is 129 Å². The van der Waals surface area contributed by atoms with Crippen molar-refractivity contribution in [3.8, 4) is 5.75 Å². The first-order valence-electron chi connectivity index (χ1n) is 34.9. The fourth-order valence-electron chi connectivity index (χ4n) is 10.9. The van der Waals surface area contributed by atoms with Crippen molar-refractivity contribution in [3.63, 3.8) is 0 Å². The van der Waals surface area contributed by atoms with Crippen molar-refractivity contribution in [2.24, 2.45) is 23.2 Å². The molecule has 10 amide bonds. The highest BCUT2D eigenvalue weighted by Crippen LogP contribution is 2.45. The molecule has 3 aliphatic rings. The number of ether oxygens (including phenoxy) is 8. The molecule has 6 rings (SSSR count). The Morgan fingerprint density at radius 2 is 1.37 bits per heavy atom. The number of hydrogen-bond acceptors (Lipinski definition) is 21. The number of benzene rings is 3. The summed E-state index contributed by atoms with van der Waals surface area (Å²) in [5.41, 5.74) is 2.03. The number of hydroxylamine groups is 2. The van der Waals surface area contributed by atoms with E-state index in [1.807, 2.05) is 45.0 Å². The molecule has 0 radical (unpaired) electrons. The summed E-state index contributed by atoms with van der Waals surface area (Å²) in [6.45, 7) is 15.4. The summed E-state index contributed by atoms with van der Waals surface area (Å²) in [6, 6.07) is 14.7. The largest absolute Gasteiger partial charge is 0.495 e. The highest BCUT2D eigenvalue weighted by molar-refractivity contribution is 6.32. The van der Waals surface area contributed by atoms with E-state index in [-0.39, 0.29) is 110 Å². The van der Waals surface area contributed by atoms with Crippen LogP contribution in [0.4, 0.5) is 10.5 Å². The molecule has 3 aromatic carbocycles. The van der Waals surface area contributed by atoms with E-state index in [1.54, 1.807) is 83.3 Å². The number of imide groups is 1. The normalized spacial score (nSPS) is 19.7. The van der Waals surface area contributed by atoms with Crippen LogP contribution < -0.4 is 42.0 Å². The second-order valence-corrected chi connectivity index (χ2v) is 27.3. The first-order chi connectivity index (χ1) is 49.5. The first kappa shape index (κ1) is 83.9. The lowest BCUT2D eigenvalue weighted by molar-refractivity contribution is -0.197. The van der Waals surface area contributed by atoms with Gasteiger partial charge >= 0.3 is 18.0 Å². The third kappa shape index (κ3) is 27.8. The van der Waals surface area contributed by atoms with Crippen LogP contribution in [0.25, 0.3) is 0 Å². The Bertz CT molecular complexity index is 3450. The number of nitrogens with zero attached hydrogens (tertiary/aromatic N) is 2. The molecule has 0 saturated carbocycles. The van der Waals surface area contributed by atoms with Crippen molar-refractivity contribution in [3.05, 3.63) is 106 Å². The Hall–Kier alpha value is -9.07. The van der Waals surface area contributed by atoms with Gasteiger partial charge < -0.3 is 84.8 Å². The molecule has 0 aromatic heterocycles. The summed E-state index contributed by atoms with van der Waals surface area (Å²) in [5, 5.41) is 20.0. The topological polar surface area (TPSA) is 382 Å². The average Bonchev–Trinajstić information content (AvgIpc) is 1.63. The van der Waals surface area contributed by atoms with Crippen LogP contribution in [0.2, 0.25) is 5.02 Å². The lowest BCUT2D eigenvalue weighted by Crippen LogP contribution is -2.54. The molecule has 30 nitrogen and oxygen atoms in total. The maximum absolute atomic E-state index is 14.1. The van der Waals surface area contributed by atoms with E-state index in [0.29, 0.717) is 59.1 Å². The molecule has 0 aliphatic carbocycles. The number of carbonyl (C=O) groups excluding carboxylic acids is 12. The number of amides is 10. The first-order valence-corrected chi connectivity index (χ1v) is 35.2. The van der Waals surface area contributed by atoms with Crippen LogP contribution in [0.15, 0.2) is 78.9 Å². The molecule has 104 heavy (non-hydrogen) atoms. The number of cyclic esters (lactones) is 1. The zero-order chi connectivity index (χ0) is 76.0. The van der Waals surface area contributed by atoms with E-state index < -0.39 is 131 Å². The van der Waals surface area contributed by atoms with Crippen LogP contribution in [0.5, 0.6) is 5.75 Å². The molecule has 2 fully saturated rings. The minimum absolute atomic E-state index is 0.00692. The van der Waals surface area contributed by atoms with Crippen LogP contribution >= 0.6 is 11.6 Å². The summed E-state index contributed by atoms with van der Waals surface area (Å²) in [6.07, 6.45) is 0.00944. The predicted octanol–water partition coefficient (Wildman–Crippen LogP) is 5.01. The van der Waals surface area contributed by atoms with Gasteiger partial charge in [-0.2, -0.15) is 0 Å². The van der Waals surface area contributed by atoms with Gasteiger partial charge in [-0.05, 0) is 91.6 Å². The van der Waals surface area contributed by atoms with Crippen molar-refractivity contribution in [1.82, 2.24) is 41.9 Å². The number of alkyl carbamates (subject to hydrolysis) is 1. The Morgan fingerprint density at radius 1 is 0.731 bits per heavy atom. The average molecular weight is 1480 g/mol. The van der Waals surface area contributed by atoms with Crippen LogP contribution in [0.3, 0.4) is 0 Å². The Balaban J connectivity index is 0.949. The van der Waals surface area contributed by atoms with Gasteiger partial charge in [0.1, 0.15) is 48.7 Å². The summed E-state index contributed by atoms with van der Waals surface area (Å²) >= 11 is 6.40. The molecule has 3 aromatic rings. The minimum atomic E-state index is -1.18. The van der Waals surface area contributed by atoms with Gasteiger partial charge in [-0.25, -0.2) is 14.4 Å². The van der Waals surface area contributed by atoms with E-state index in [0.717, 1.165) is 11.1 Å². The quantitative estimate of drug-likeness (QED) is 0.0173. The molecule has 0 unspecified atom stereocenters. The van der Waals surface area contributed by atoms with E-state index in [2.05, 4.69) is 37.2 Å². The molecule has 7 N–H and O–H groups in total. The third-order valence-electron chi connectivity index (χ3n) is 17.2. The Kier molecular flexibility index (Phi) is 33.9. The molecule has 31 heteroatoms. The number of nitrogens with one attached hydrogen (secondary N) is 7. The van der Waals surface area contributed by atoms with E-state index in [4.69, 9.17) is 54.3 Å². The molecule has 3 heterocycles.